The smallest absolute Gasteiger partial charge is 0.260 e. The summed E-state index contributed by atoms with van der Waals surface area (Å²) in [6.07, 6.45) is -0.0281. The van der Waals surface area contributed by atoms with Gasteiger partial charge in [-0.1, -0.05) is 29.3 Å². The number of rotatable bonds is 8. The number of nitrogens with one attached hydrogen (secondary N) is 1. The Kier molecular flexibility index (Phi) is 7.42. The molecule has 5 nitrogen and oxygen atoms in total. The number of hydrogen-bond acceptors (Lipinski definition) is 4. The van der Waals surface area contributed by atoms with Gasteiger partial charge < -0.3 is 19.5 Å². The van der Waals surface area contributed by atoms with Gasteiger partial charge in [0.25, 0.3) is 5.91 Å². The van der Waals surface area contributed by atoms with Crippen molar-refractivity contribution < 1.29 is 19.0 Å². The Morgan fingerprint density at radius 1 is 1.04 bits per heavy atom. The van der Waals surface area contributed by atoms with Gasteiger partial charge >= 0.3 is 0 Å². The SMILES string of the molecule is COc1ccc(CCNC(=O)C(C)Oc2ccc(Cl)cc2Cl)cc1OC. The molecule has 2 aromatic rings. The number of halogens is 2. The normalized spacial score (nSPS) is 11.6. The zero-order valence-corrected chi connectivity index (χ0v) is 16.4. The Labute approximate surface area is 163 Å². The van der Waals surface area contributed by atoms with Gasteiger partial charge in [-0.05, 0) is 49.2 Å². The van der Waals surface area contributed by atoms with Crippen LogP contribution >= 0.6 is 23.2 Å². The second kappa shape index (κ2) is 9.55. The Balaban J connectivity index is 1.86. The van der Waals surface area contributed by atoms with Crippen LogP contribution in [-0.2, 0) is 11.2 Å². The summed E-state index contributed by atoms with van der Waals surface area (Å²) in [6, 6.07) is 10.5. The van der Waals surface area contributed by atoms with Crippen LogP contribution in [0.5, 0.6) is 17.2 Å². The topological polar surface area (TPSA) is 56.8 Å². The average Bonchev–Trinajstić information content (AvgIpc) is 2.63. The molecule has 1 N–H and O–H groups in total. The summed E-state index contributed by atoms with van der Waals surface area (Å²) in [7, 11) is 3.18. The van der Waals surface area contributed by atoms with Crippen LogP contribution in [0.1, 0.15) is 12.5 Å². The first-order chi connectivity index (χ1) is 12.4. The van der Waals surface area contributed by atoms with E-state index in [1.54, 1.807) is 39.3 Å². The van der Waals surface area contributed by atoms with Crippen molar-refractivity contribution in [1.29, 1.82) is 0 Å². The summed E-state index contributed by atoms with van der Waals surface area (Å²) in [4.78, 5) is 12.2. The second-order valence-electron chi connectivity index (χ2n) is 5.57. The maximum atomic E-state index is 12.2. The third-order valence-electron chi connectivity index (χ3n) is 3.73. The monoisotopic (exact) mass is 397 g/mol. The van der Waals surface area contributed by atoms with Gasteiger partial charge in [-0.2, -0.15) is 0 Å². The molecule has 0 saturated heterocycles. The van der Waals surface area contributed by atoms with E-state index < -0.39 is 6.10 Å². The third-order valence-corrected chi connectivity index (χ3v) is 4.26. The molecule has 2 aromatic carbocycles. The van der Waals surface area contributed by atoms with Gasteiger partial charge in [0.05, 0.1) is 19.2 Å². The summed E-state index contributed by atoms with van der Waals surface area (Å²) in [5, 5.41) is 3.72. The van der Waals surface area contributed by atoms with Crippen LogP contribution in [-0.4, -0.2) is 32.8 Å². The fourth-order valence-electron chi connectivity index (χ4n) is 2.32. The molecule has 0 aromatic heterocycles. The molecule has 0 aliphatic rings. The summed E-state index contributed by atoms with van der Waals surface area (Å²) < 4.78 is 16.1. The Hall–Kier alpha value is -2.11. The van der Waals surface area contributed by atoms with Crippen LogP contribution in [0.15, 0.2) is 36.4 Å². The highest BCUT2D eigenvalue weighted by molar-refractivity contribution is 6.35. The standard InChI is InChI=1S/C19H21Cl2NO4/c1-12(26-16-7-5-14(20)11-15(16)21)19(23)22-9-8-13-4-6-17(24-2)18(10-13)25-3/h4-7,10-12H,8-9H2,1-3H3,(H,22,23). The van der Waals surface area contributed by atoms with Crippen LogP contribution in [0.4, 0.5) is 0 Å². The highest BCUT2D eigenvalue weighted by Gasteiger charge is 2.16. The first-order valence-electron chi connectivity index (χ1n) is 8.05. The molecule has 0 radical (unpaired) electrons. The van der Waals surface area contributed by atoms with Gasteiger partial charge in [0.15, 0.2) is 17.6 Å². The minimum atomic E-state index is -0.681. The van der Waals surface area contributed by atoms with Gasteiger partial charge in [-0.15, -0.1) is 0 Å². The van der Waals surface area contributed by atoms with Crippen LogP contribution in [0.3, 0.4) is 0 Å². The van der Waals surface area contributed by atoms with E-state index in [1.807, 2.05) is 18.2 Å². The molecule has 1 amide bonds. The molecule has 26 heavy (non-hydrogen) atoms. The molecular formula is C19H21Cl2NO4. The van der Waals surface area contributed by atoms with Gasteiger partial charge in [0.2, 0.25) is 0 Å². The fraction of sp³-hybridized carbons (Fsp3) is 0.316. The van der Waals surface area contributed by atoms with E-state index >= 15 is 0 Å². The Bertz CT molecular complexity index is 767. The van der Waals surface area contributed by atoms with Crippen molar-refractivity contribution in [2.45, 2.75) is 19.4 Å². The predicted octanol–water partition coefficient (Wildman–Crippen LogP) is 4.14. The molecule has 140 valence electrons. The summed E-state index contributed by atoms with van der Waals surface area (Å²) in [5.41, 5.74) is 1.03. The van der Waals surface area contributed by atoms with E-state index in [9.17, 15) is 4.79 Å². The number of carbonyl (C=O) groups is 1. The van der Waals surface area contributed by atoms with Crippen LogP contribution in [0.25, 0.3) is 0 Å². The van der Waals surface area contributed by atoms with Crippen molar-refractivity contribution in [2.75, 3.05) is 20.8 Å². The quantitative estimate of drug-likeness (QED) is 0.726. The number of amides is 1. The van der Waals surface area contributed by atoms with Gasteiger partial charge in [0.1, 0.15) is 5.75 Å². The number of methoxy groups -OCH3 is 2. The third kappa shape index (κ3) is 5.44. The second-order valence-corrected chi connectivity index (χ2v) is 6.41. The number of carbonyl (C=O) groups excluding carboxylic acids is 1. The van der Waals surface area contributed by atoms with Crippen molar-refractivity contribution in [1.82, 2.24) is 5.32 Å². The van der Waals surface area contributed by atoms with E-state index in [2.05, 4.69) is 5.32 Å². The lowest BCUT2D eigenvalue weighted by atomic mass is 10.1. The minimum Gasteiger partial charge on any atom is -0.493 e. The van der Waals surface area contributed by atoms with Crippen molar-refractivity contribution in [3.8, 4) is 17.2 Å². The van der Waals surface area contributed by atoms with Crippen molar-refractivity contribution >= 4 is 29.1 Å². The van der Waals surface area contributed by atoms with E-state index in [1.165, 1.54) is 0 Å². The molecule has 1 unspecified atom stereocenters. The van der Waals surface area contributed by atoms with Gasteiger partial charge in [-0.3, -0.25) is 4.79 Å². The molecule has 0 fully saturated rings. The van der Waals surface area contributed by atoms with Crippen LogP contribution in [0.2, 0.25) is 10.0 Å². The summed E-state index contributed by atoms with van der Waals surface area (Å²) in [5.74, 6) is 1.52. The molecule has 2 rings (SSSR count). The molecule has 1 atom stereocenters. The lowest BCUT2D eigenvalue weighted by molar-refractivity contribution is -0.127. The lowest BCUT2D eigenvalue weighted by Gasteiger charge is -2.16. The maximum Gasteiger partial charge on any atom is 0.260 e. The van der Waals surface area contributed by atoms with E-state index in [-0.39, 0.29) is 5.91 Å². The molecule has 0 heterocycles. The molecule has 7 heteroatoms. The zero-order valence-electron chi connectivity index (χ0n) is 14.8. The predicted molar refractivity (Wildman–Crippen MR) is 103 cm³/mol. The molecule has 0 bridgehead atoms. The van der Waals surface area contributed by atoms with Crippen LogP contribution < -0.4 is 19.5 Å². The molecule has 0 aliphatic carbocycles. The Morgan fingerprint density at radius 2 is 1.73 bits per heavy atom. The van der Waals surface area contributed by atoms with Crippen molar-refractivity contribution in [3.05, 3.63) is 52.0 Å². The van der Waals surface area contributed by atoms with Crippen molar-refractivity contribution in [2.24, 2.45) is 0 Å². The number of benzene rings is 2. The maximum absolute atomic E-state index is 12.2. The van der Waals surface area contributed by atoms with Gasteiger partial charge in [-0.25, -0.2) is 0 Å². The van der Waals surface area contributed by atoms with Crippen molar-refractivity contribution in [3.63, 3.8) is 0 Å². The van der Waals surface area contributed by atoms with Crippen LogP contribution in [0, 0.1) is 0 Å². The lowest BCUT2D eigenvalue weighted by Crippen LogP contribution is -2.37. The minimum absolute atomic E-state index is 0.225. The Morgan fingerprint density at radius 3 is 2.38 bits per heavy atom. The fourth-order valence-corrected chi connectivity index (χ4v) is 2.78. The largest absolute Gasteiger partial charge is 0.493 e. The molecule has 0 aliphatic heterocycles. The van der Waals surface area contributed by atoms with E-state index in [0.29, 0.717) is 40.3 Å². The zero-order chi connectivity index (χ0) is 19.1. The number of ether oxygens (including phenoxy) is 3. The van der Waals surface area contributed by atoms with E-state index in [4.69, 9.17) is 37.4 Å². The highest BCUT2D eigenvalue weighted by Crippen LogP contribution is 2.29. The van der Waals surface area contributed by atoms with E-state index in [0.717, 1.165) is 5.56 Å². The molecule has 0 spiro atoms. The first kappa shape index (κ1) is 20.2. The summed E-state index contributed by atoms with van der Waals surface area (Å²) >= 11 is 11.9. The highest BCUT2D eigenvalue weighted by atomic mass is 35.5. The summed E-state index contributed by atoms with van der Waals surface area (Å²) in [6.45, 7) is 2.13. The molecular weight excluding hydrogens is 377 g/mol. The number of hydrogen-bond donors (Lipinski definition) is 1. The average molecular weight is 398 g/mol. The molecule has 0 saturated carbocycles. The first-order valence-corrected chi connectivity index (χ1v) is 8.80. The van der Waals surface area contributed by atoms with Gasteiger partial charge in [0, 0.05) is 11.6 Å².